The molecule has 144 valence electrons. The number of anilines is 1. The second kappa shape index (κ2) is 6.89. The minimum Gasteiger partial charge on any atom is -0.294 e. The Labute approximate surface area is 171 Å². The predicted octanol–water partition coefficient (Wildman–Crippen LogP) is 5.81. The number of aryl methyl sites for hydroxylation is 1. The molecule has 0 N–H and O–H groups in total. The summed E-state index contributed by atoms with van der Waals surface area (Å²) < 4.78 is 0. The number of carbonyl (C=O) groups excluding carboxylic acids is 2. The molecule has 0 radical (unpaired) electrons. The van der Waals surface area contributed by atoms with E-state index in [1.165, 1.54) is 0 Å². The molecule has 0 bridgehead atoms. The molecule has 4 rings (SSSR count). The van der Waals surface area contributed by atoms with E-state index in [1.807, 2.05) is 43.3 Å². The largest absolute Gasteiger partial charge is 0.294 e. The fourth-order valence-electron chi connectivity index (χ4n) is 4.50. The number of nitrogens with zero attached hydrogens (tertiary/aromatic N) is 1. The molecule has 28 heavy (non-hydrogen) atoms. The van der Waals surface area contributed by atoms with Crippen LogP contribution in [0.2, 0.25) is 5.02 Å². The van der Waals surface area contributed by atoms with Crippen LogP contribution >= 0.6 is 11.6 Å². The van der Waals surface area contributed by atoms with Gasteiger partial charge in [0, 0.05) is 30.0 Å². The SMILES string of the molecule is Cc1cccc(C2CC(=O)N(c3ccccc3Cl)C3=C2C(=O)CC(C)(C)C3)c1. The van der Waals surface area contributed by atoms with Crippen LogP contribution in [0.25, 0.3) is 0 Å². The van der Waals surface area contributed by atoms with E-state index in [2.05, 4.69) is 19.9 Å². The highest BCUT2D eigenvalue weighted by Crippen LogP contribution is 2.49. The molecular formula is C24H24ClNO2. The van der Waals surface area contributed by atoms with Crippen LogP contribution in [-0.4, -0.2) is 11.7 Å². The smallest absolute Gasteiger partial charge is 0.232 e. The fourth-order valence-corrected chi connectivity index (χ4v) is 4.72. The second-order valence-corrected chi connectivity index (χ2v) is 9.06. The molecule has 3 nitrogen and oxygen atoms in total. The lowest BCUT2D eigenvalue weighted by atomic mass is 9.69. The van der Waals surface area contributed by atoms with Crippen LogP contribution in [0.5, 0.6) is 0 Å². The molecule has 0 aromatic heterocycles. The second-order valence-electron chi connectivity index (χ2n) is 8.65. The molecule has 0 saturated carbocycles. The molecule has 0 spiro atoms. The average Bonchev–Trinajstić information content (AvgIpc) is 2.61. The number of Topliss-reactive ketones (excluding diaryl/α,β-unsaturated/α-hetero) is 1. The van der Waals surface area contributed by atoms with E-state index in [9.17, 15) is 9.59 Å². The zero-order valence-corrected chi connectivity index (χ0v) is 17.2. The number of ketones is 1. The highest BCUT2D eigenvalue weighted by molar-refractivity contribution is 6.34. The van der Waals surface area contributed by atoms with Gasteiger partial charge in [-0.05, 0) is 36.5 Å². The van der Waals surface area contributed by atoms with E-state index in [-0.39, 0.29) is 29.4 Å². The number of halogens is 1. The van der Waals surface area contributed by atoms with Crippen LogP contribution in [0.4, 0.5) is 5.69 Å². The zero-order chi connectivity index (χ0) is 20.1. The number of allylic oxidation sites excluding steroid dienone is 2. The van der Waals surface area contributed by atoms with Gasteiger partial charge in [-0.2, -0.15) is 0 Å². The van der Waals surface area contributed by atoms with Crippen LogP contribution in [0, 0.1) is 12.3 Å². The normalized spacial score (nSPS) is 21.7. The van der Waals surface area contributed by atoms with E-state index in [4.69, 9.17) is 11.6 Å². The van der Waals surface area contributed by atoms with Gasteiger partial charge in [-0.1, -0.05) is 67.4 Å². The van der Waals surface area contributed by atoms with Crippen LogP contribution in [0.15, 0.2) is 59.8 Å². The van der Waals surface area contributed by atoms with Gasteiger partial charge in [0.25, 0.3) is 0 Å². The first-order valence-electron chi connectivity index (χ1n) is 9.67. The van der Waals surface area contributed by atoms with Gasteiger partial charge in [0.2, 0.25) is 5.91 Å². The van der Waals surface area contributed by atoms with Gasteiger partial charge in [0.05, 0.1) is 10.7 Å². The standard InChI is InChI=1S/C24H24ClNO2/c1-15-7-6-8-16(11-15)17-12-22(28)26(19-10-5-4-9-18(19)25)20-13-24(2,3)14-21(27)23(17)20/h4-11,17H,12-14H2,1-3H3. The van der Waals surface area contributed by atoms with Gasteiger partial charge in [0.15, 0.2) is 5.78 Å². The third kappa shape index (κ3) is 3.29. The van der Waals surface area contributed by atoms with Gasteiger partial charge in [-0.25, -0.2) is 0 Å². The Hall–Kier alpha value is -2.39. The number of benzene rings is 2. The predicted molar refractivity (Wildman–Crippen MR) is 113 cm³/mol. The minimum atomic E-state index is -0.190. The molecule has 1 amide bonds. The Balaban J connectivity index is 1.93. The summed E-state index contributed by atoms with van der Waals surface area (Å²) in [7, 11) is 0. The number of rotatable bonds is 2. The molecule has 1 atom stereocenters. The third-order valence-electron chi connectivity index (χ3n) is 5.68. The van der Waals surface area contributed by atoms with Crippen LogP contribution < -0.4 is 4.90 Å². The molecule has 1 heterocycles. The van der Waals surface area contributed by atoms with Crippen molar-refractivity contribution in [2.75, 3.05) is 4.90 Å². The van der Waals surface area contributed by atoms with E-state index in [0.717, 1.165) is 22.4 Å². The first-order chi connectivity index (χ1) is 13.3. The van der Waals surface area contributed by atoms with E-state index in [0.29, 0.717) is 23.6 Å². The quantitative estimate of drug-likeness (QED) is 0.645. The Bertz CT molecular complexity index is 1010. The maximum Gasteiger partial charge on any atom is 0.232 e. The highest BCUT2D eigenvalue weighted by Gasteiger charge is 2.44. The Kier molecular flexibility index (Phi) is 4.67. The summed E-state index contributed by atoms with van der Waals surface area (Å²) in [5.41, 5.74) is 4.23. The molecule has 4 heteroatoms. The van der Waals surface area contributed by atoms with Crippen molar-refractivity contribution in [3.05, 3.63) is 76.0 Å². The number of hydrogen-bond acceptors (Lipinski definition) is 2. The van der Waals surface area contributed by atoms with Crippen molar-refractivity contribution in [1.29, 1.82) is 0 Å². The first kappa shape index (κ1) is 18.9. The van der Waals surface area contributed by atoms with Crippen molar-refractivity contribution in [2.45, 2.75) is 46.0 Å². The molecule has 1 aliphatic heterocycles. The van der Waals surface area contributed by atoms with Crippen molar-refractivity contribution in [2.24, 2.45) is 5.41 Å². The Morgan fingerprint density at radius 3 is 2.50 bits per heavy atom. The van der Waals surface area contributed by atoms with Gasteiger partial charge in [0.1, 0.15) is 0 Å². The summed E-state index contributed by atoms with van der Waals surface area (Å²) in [6, 6.07) is 15.5. The summed E-state index contributed by atoms with van der Waals surface area (Å²) in [6.45, 7) is 6.20. The molecule has 2 aliphatic rings. The summed E-state index contributed by atoms with van der Waals surface area (Å²) in [5.74, 6) is -0.0593. The molecule has 0 saturated heterocycles. The summed E-state index contributed by atoms with van der Waals surface area (Å²) in [6.07, 6.45) is 1.45. The monoisotopic (exact) mass is 393 g/mol. The number of para-hydroxylation sites is 1. The Morgan fingerprint density at radius 2 is 1.79 bits per heavy atom. The third-order valence-corrected chi connectivity index (χ3v) is 6.00. The zero-order valence-electron chi connectivity index (χ0n) is 16.5. The summed E-state index contributed by atoms with van der Waals surface area (Å²) in [5, 5.41) is 0.521. The van der Waals surface area contributed by atoms with Gasteiger partial charge < -0.3 is 0 Å². The topological polar surface area (TPSA) is 37.4 Å². The van der Waals surface area contributed by atoms with Gasteiger partial charge in [-0.15, -0.1) is 0 Å². The summed E-state index contributed by atoms with van der Waals surface area (Å²) >= 11 is 6.43. The van der Waals surface area contributed by atoms with E-state index in [1.54, 1.807) is 11.0 Å². The molecule has 2 aromatic rings. The lowest BCUT2D eigenvalue weighted by molar-refractivity contribution is -0.121. The fraction of sp³-hybridized carbons (Fsp3) is 0.333. The maximum absolute atomic E-state index is 13.3. The number of hydrogen-bond donors (Lipinski definition) is 0. The summed E-state index contributed by atoms with van der Waals surface area (Å²) in [4.78, 5) is 28.3. The van der Waals surface area contributed by atoms with Crippen LogP contribution in [0.1, 0.15) is 50.2 Å². The van der Waals surface area contributed by atoms with Gasteiger partial charge >= 0.3 is 0 Å². The van der Waals surface area contributed by atoms with Crippen molar-refractivity contribution in [1.82, 2.24) is 0 Å². The molecule has 1 unspecified atom stereocenters. The molecule has 2 aromatic carbocycles. The minimum absolute atomic E-state index is 0.0103. The lowest BCUT2D eigenvalue weighted by Crippen LogP contribution is -2.43. The Morgan fingerprint density at radius 1 is 1.04 bits per heavy atom. The highest BCUT2D eigenvalue weighted by atomic mass is 35.5. The van der Waals surface area contributed by atoms with Crippen molar-refractivity contribution < 1.29 is 9.59 Å². The van der Waals surface area contributed by atoms with E-state index >= 15 is 0 Å². The lowest BCUT2D eigenvalue weighted by Gasteiger charge is -2.43. The van der Waals surface area contributed by atoms with Gasteiger partial charge in [-0.3, -0.25) is 14.5 Å². The number of carbonyl (C=O) groups is 2. The molecular weight excluding hydrogens is 370 g/mol. The van der Waals surface area contributed by atoms with Crippen molar-refractivity contribution in [3.63, 3.8) is 0 Å². The maximum atomic E-state index is 13.3. The van der Waals surface area contributed by atoms with Crippen LogP contribution in [-0.2, 0) is 9.59 Å². The molecule has 0 fully saturated rings. The molecule has 1 aliphatic carbocycles. The number of amides is 1. The van der Waals surface area contributed by atoms with Crippen molar-refractivity contribution in [3.8, 4) is 0 Å². The average molecular weight is 394 g/mol. The van der Waals surface area contributed by atoms with Crippen molar-refractivity contribution >= 4 is 29.0 Å². The van der Waals surface area contributed by atoms with E-state index < -0.39 is 0 Å². The first-order valence-corrected chi connectivity index (χ1v) is 10.0. The van der Waals surface area contributed by atoms with Crippen LogP contribution in [0.3, 0.4) is 0 Å².